The molecule has 1 aliphatic heterocycles. The Morgan fingerprint density at radius 3 is 2.44 bits per heavy atom. The number of benzene rings is 1. The fourth-order valence-corrected chi connectivity index (χ4v) is 5.95. The number of sulfonamides is 1. The van der Waals surface area contributed by atoms with Crippen molar-refractivity contribution in [3.05, 3.63) is 34.2 Å². The summed E-state index contributed by atoms with van der Waals surface area (Å²) in [5, 5.41) is 4.45. The van der Waals surface area contributed by atoms with Gasteiger partial charge in [0.2, 0.25) is 10.0 Å². The van der Waals surface area contributed by atoms with Gasteiger partial charge in [-0.25, -0.2) is 18.2 Å². The van der Waals surface area contributed by atoms with Crippen molar-refractivity contribution in [2.75, 3.05) is 32.8 Å². The molecule has 1 aromatic carbocycles. The number of rotatable bonds is 7. The molecule has 13 heteroatoms. The molecule has 4 rings (SSSR count). The second-order valence-electron chi connectivity index (χ2n) is 10.4. The van der Waals surface area contributed by atoms with Crippen LogP contribution in [0.1, 0.15) is 46.7 Å². The summed E-state index contributed by atoms with van der Waals surface area (Å²) in [5.74, 6) is 0.600. The molecule has 3 aromatic rings. The Hall–Kier alpha value is -3.45. The van der Waals surface area contributed by atoms with E-state index in [4.69, 9.17) is 14.5 Å². The van der Waals surface area contributed by atoms with Crippen LogP contribution in [0.4, 0.5) is 4.79 Å². The maximum atomic E-state index is 13.6. The number of amides is 1. The Bertz CT molecular complexity index is 1530. The van der Waals surface area contributed by atoms with Crippen molar-refractivity contribution in [1.29, 1.82) is 0 Å². The van der Waals surface area contributed by atoms with Crippen molar-refractivity contribution in [2.45, 2.75) is 58.0 Å². The smallest absolute Gasteiger partial charge is 0.410 e. The molecule has 0 saturated carbocycles. The van der Waals surface area contributed by atoms with Crippen molar-refractivity contribution < 1.29 is 22.7 Å². The summed E-state index contributed by atoms with van der Waals surface area (Å²) < 4.78 is 41.3. The van der Waals surface area contributed by atoms with Crippen LogP contribution in [-0.2, 0) is 28.2 Å². The van der Waals surface area contributed by atoms with E-state index in [1.165, 1.54) is 26.0 Å². The summed E-state index contributed by atoms with van der Waals surface area (Å²) in [5.41, 5.74) is 0.882. The Kier molecular flexibility index (Phi) is 8.03. The van der Waals surface area contributed by atoms with Crippen LogP contribution in [0.15, 0.2) is 27.9 Å². The maximum absolute atomic E-state index is 13.6. The summed E-state index contributed by atoms with van der Waals surface area (Å²) in [6, 6.07) is 4.52. The summed E-state index contributed by atoms with van der Waals surface area (Å²) >= 11 is 0. The summed E-state index contributed by atoms with van der Waals surface area (Å²) in [6.07, 6.45) is 1.01. The zero-order chi connectivity index (χ0) is 28.5. The van der Waals surface area contributed by atoms with Crippen LogP contribution in [0.3, 0.4) is 0 Å². The molecule has 1 saturated heterocycles. The van der Waals surface area contributed by atoms with Gasteiger partial charge in [-0.05, 0) is 52.3 Å². The van der Waals surface area contributed by atoms with Crippen LogP contribution >= 0.6 is 0 Å². The molecule has 1 amide bonds. The number of nitrogens with one attached hydrogen (secondary N) is 1. The highest BCUT2D eigenvalue weighted by Gasteiger charge is 2.32. The lowest BCUT2D eigenvalue weighted by molar-refractivity contribution is 0.0192. The number of aromatic amines is 1. The average molecular weight is 561 g/mol. The van der Waals surface area contributed by atoms with Crippen LogP contribution in [0.5, 0.6) is 5.75 Å². The molecule has 212 valence electrons. The molecule has 0 bridgehead atoms. The number of H-pyrrole nitrogens is 1. The fraction of sp³-hybridized carbons (Fsp3) is 0.538. The minimum Gasteiger partial charge on any atom is -0.493 e. The van der Waals surface area contributed by atoms with Crippen molar-refractivity contribution >= 4 is 27.1 Å². The Labute approximate surface area is 228 Å². The topological polar surface area (TPSA) is 140 Å². The van der Waals surface area contributed by atoms with Crippen molar-refractivity contribution in [2.24, 2.45) is 7.05 Å². The molecular formula is C26H36N6O6S. The molecule has 0 radical (unpaired) electrons. The SMILES string of the molecule is CCCc1nn(C)c2c(=O)[nH]c(-c3cc(S(=O)(=O)N4CCN(C(=O)OC(C)(C)C)CC4)ccc3OCC)nc12. The number of aryl methyl sites for hydroxylation is 2. The van der Waals surface area contributed by atoms with E-state index >= 15 is 0 Å². The first kappa shape index (κ1) is 28.6. The van der Waals surface area contributed by atoms with Gasteiger partial charge in [-0.1, -0.05) is 13.3 Å². The molecule has 39 heavy (non-hydrogen) atoms. The van der Waals surface area contributed by atoms with Crippen LogP contribution in [-0.4, -0.2) is 81.9 Å². The highest BCUT2D eigenvalue weighted by molar-refractivity contribution is 7.89. The zero-order valence-electron chi connectivity index (χ0n) is 23.3. The van der Waals surface area contributed by atoms with E-state index in [0.717, 1.165) is 6.42 Å². The Morgan fingerprint density at radius 1 is 1.13 bits per heavy atom. The van der Waals surface area contributed by atoms with E-state index in [-0.39, 0.29) is 42.5 Å². The van der Waals surface area contributed by atoms with Crippen molar-refractivity contribution in [3.8, 4) is 17.1 Å². The number of piperazine rings is 1. The minimum atomic E-state index is -3.91. The normalized spacial score (nSPS) is 15.1. The summed E-state index contributed by atoms with van der Waals surface area (Å²) in [7, 11) is -2.22. The number of ether oxygens (including phenoxy) is 2. The monoisotopic (exact) mass is 560 g/mol. The maximum Gasteiger partial charge on any atom is 0.410 e. The zero-order valence-corrected chi connectivity index (χ0v) is 24.1. The van der Waals surface area contributed by atoms with Gasteiger partial charge < -0.3 is 19.4 Å². The summed E-state index contributed by atoms with van der Waals surface area (Å²) in [4.78, 5) is 34.4. The molecule has 0 spiro atoms. The number of carbonyl (C=O) groups excluding carboxylic acids is 1. The van der Waals surface area contributed by atoms with Gasteiger partial charge in [0.25, 0.3) is 5.56 Å². The van der Waals surface area contributed by atoms with Crippen LogP contribution in [0, 0.1) is 0 Å². The fourth-order valence-electron chi connectivity index (χ4n) is 4.50. The molecule has 0 aliphatic carbocycles. The number of fused-ring (bicyclic) bond motifs is 1. The van der Waals surface area contributed by atoms with Gasteiger partial charge >= 0.3 is 6.09 Å². The first-order valence-corrected chi connectivity index (χ1v) is 14.5. The second-order valence-corrected chi connectivity index (χ2v) is 12.3. The van der Waals surface area contributed by atoms with E-state index < -0.39 is 21.7 Å². The van der Waals surface area contributed by atoms with E-state index in [9.17, 15) is 18.0 Å². The van der Waals surface area contributed by atoms with Crippen molar-refractivity contribution in [1.82, 2.24) is 29.0 Å². The number of carbonyl (C=O) groups is 1. The lowest BCUT2D eigenvalue weighted by atomic mass is 10.1. The number of hydrogen-bond donors (Lipinski definition) is 1. The second kappa shape index (κ2) is 11.0. The quantitative estimate of drug-likeness (QED) is 0.465. The van der Waals surface area contributed by atoms with Crippen molar-refractivity contribution in [3.63, 3.8) is 0 Å². The Morgan fingerprint density at radius 2 is 1.82 bits per heavy atom. The van der Waals surface area contributed by atoms with Crippen LogP contribution in [0.25, 0.3) is 22.4 Å². The molecule has 1 N–H and O–H groups in total. The third-order valence-corrected chi connectivity index (χ3v) is 8.18. The highest BCUT2D eigenvalue weighted by atomic mass is 32.2. The van der Waals surface area contributed by atoms with Gasteiger partial charge in [-0.3, -0.25) is 9.48 Å². The van der Waals surface area contributed by atoms with E-state index in [1.807, 2.05) is 13.8 Å². The minimum absolute atomic E-state index is 0.0365. The average Bonchev–Trinajstić information content (AvgIpc) is 3.19. The number of aromatic nitrogens is 4. The van der Waals surface area contributed by atoms with Crippen LogP contribution in [0.2, 0.25) is 0 Å². The van der Waals surface area contributed by atoms with Gasteiger partial charge in [-0.15, -0.1) is 0 Å². The Balaban J connectivity index is 1.68. The largest absolute Gasteiger partial charge is 0.493 e. The predicted molar refractivity (Wildman–Crippen MR) is 146 cm³/mol. The van der Waals surface area contributed by atoms with Gasteiger partial charge in [0.15, 0.2) is 5.52 Å². The number of nitrogens with zero attached hydrogens (tertiary/aromatic N) is 5. The predicted octanol–water partition coefficient (Wildman–Crippen LogP) is 2.92. The number of hydrogen-bond acceptors (Lipinski definition) is 8. The van der Waals surface area contributed by atoms with E-state index in [0.29, 0.717) is 41.1 Å². The standard InChI is InChI=1S/C26H36N6O6S/c1-7-9-19-21-22(30(6)29-19)24(33)28-23(27-21)18-16-17(10-11-20(18)37-8-2)39(35,36)32-14-12-31(13-15-32)25(34)38-26(3,4)5/h10-11,16H,7-9,12-15H2,1-6H3,(H,27,28,33). The van der Waals surface area contributed by atoms with Gasteiger partial charge in [-0.2, -0.15) is 9.40 Å². The lowest BCUT2D eigenvalue weighted by Gasteiger charge is -2.35. The van der Waals surface area contributed by atoms with Crippen LogP contribution < -0.4 is 10.3 Å². The first-order chi connectivity index (χ1) is 18.4. The van der Waals surface area contributed by atoms with E-state index in [1.54, 1.807) is 33.9 Å². The molecule has 3 heterocycles. The molecule has 2 aromatic heterocycles. The molecular weight excluding hydrogens is 524 g/mol. The van der Waals surface area contributed by atoms with Gasteiger partial charge in [0, 0.05) is 33.2 Å². The molecule has 0 unspecified atom stereocenters. The molecule has 1 aliphatic rings. The molecule has 1 fully saturated rings. The highest BCUT2D eigenvalue weighted by Crippen LogP contribution is 2.32. The third kappa shape index (κ3) is 5.93. The first-order valence-electron chi connectivity index (χ1n) is 13.1. The molecule has 12 nitrogen and oxygen atoms in total. The lowest BCUT2D eigenvalue weighted by Crippen LogP contribution is -2.51. The molecule has 0 atom stereocenters. The third-order valence-electron chi connectivity index (χ3n) is 6.28. The van der Waals surface area contributed by atoms with Gasteiger partial charge in [0.1, 0.15) is 22.7 Å². The van der Waals surface area contributed by atoms with Gasteiger partial charge in [0.05, 0.1) is 22.8 Å². The summed E-state index contributed by atoms with van der Waals surface area (Å²) in [6.45, 7) is 10.2. The van der Waals surface area contributed by atoms with E-state index in [2.05, 4.69) is 10.1 Å².